The molecule has 8 heavy (non-hydrogen) atoms. The van der Waals surface area contributed by atoms with Crippen LogP contribution in [-0.4, -0.2) is 22.4 Å². The minimum atomic E-state index is -3.06. The molecule has 0 rings (SSSR count). The Morgan fingerprint density at radius 1 is 1.75 bits per heavy atom. The normalized spacial score (nSPS) is 30.4. The summed E-state index contributed by atoms with van der Waals surface area (Å²) in [6.45, 7) is -5.63. The zero-order valence-electron chi connectivity index (χ0n) is 10.7. The lowest BCUT2D eigenvalue weighted by molar-refractivity contribution is 0.000239. The SMILES string of the molecule is [2H]C([2H])([2H])C(O)([C@@H](C)CO)C([2H])([2H])[2H]. The molecule has 0 aliphatic heterocycles. The smallest absolute Gasteiger partial charge is 0.0639 e. The highest BCUT2D eigenvalue weighted by molar-refractivity contribution is 4.71. The first-order chi connectivity index (χ1) is 5.98. The van der Waals surface area contributed by atoms with Crippen molar-refractivity contribution in [2.24, 2.45) is 5.92 Å². The van der Waals surface area contributed by atoms with E-state index in [0.717, 1.165) is 0 Å². The average Bonchev–Trinajstić information content (AvgIpc) is 1.97. The summed E-state index contributed by atoms with van der Waals surface area (Å²) in [5.74, 6) is -1.25. The number of hydrogen-bond acceptors (Lipinski definition) is 2. The van der Waals surface area contributed by atoms with Crippen LogP contribution in [0.5, 0.6) is 0 Å². The molecule has 2 heteroatoms. The fourth-order valence-electron chi connectivity index (χ4n) is 0.132. The highest BCUT2D eigenvalue weighted by atomic mass is 16.3. The first-order valence-corrected chi connectivity index (χ1v) is 2.31. The third-order valence-corrected chi connectivity index (χ3v) is 0.987. The van der Waals surface area contributed by atoms with Crippen molar-refractivity contribution in [1.82, 2.24) is 0 Å². The summed E-state index contributed by atoms with van der Waals surface area (Å²) in [5.41, 5.74) is -2.87. The van der Waals surface area contributed by atoms with E-state index in [1.807, 2.05) is 0 Å². The fraction of sp³-hybridized carbons (Fsp3) is 1.00. The monoisotopic (exact) mass is 124 g/mol. The molecule has 0 unspecified atom stereocenters. The molecule has 0 aromatic rings. The zero-order chi connectivity index (χ0) is 11.8. The molecule has 0 aliphatic carbocycles. The van der Waals surface area contributed by atoms with Gasteiger partial charge in [-0.25, -0.2) is 0 Å². The van der Waals surface area contributed by atoms with Crippen LogP contribution in [0.2, 0.25) is 0 Å². The molecule has 0 aromatic heterocycles. The maximum Gasteiger partial charge on any atom is 0.0639 e. The van der Waals surface area contributed by atoms with Gasteiger partial charge in [-0.1, -0.05) is 6.92 Å². The Balaban J connectivity index is 5.29. The molecule has 0 aliphatic rings. The molecular formula is C6H14O2. The van der Waals surface area contributed by atoms with Crippen LogP contribution in [0.15, 0.2) is 0 Å². The predicted molar refractivity (Wildman–Crippen MR) is 32.5 cm³/mol. The molecule has 0 amide bonds. The van der Waals surface area contributed by atoms with E-state index in [2.05, 4.69) is 0 Å². The fourth-order valence-corrected chi connectivity index (χ4v) is 0.132. The molecule has 1 atom stereocenters. The van der Waals surface area contributed by atoms with E-state index in [1.165, 1.54) is 6.92 Å². The number of aliphatic hydroxyl groups is 2. The Morgan fingerprint density at radius 3 is 2.38 bits per heavy atom. The first kappa shape index (κ1) is 2.27. The van der Waals surface area contributed by atoms with Gasteiger partial charge in [0.2, 0.25) is 0 Å². The molecule has 0 spiro atoms. The Labute approximate surface area is 58.6 Å². The summed E-state index contributed by atoms with van der Waals surface area (Å²) >= 11 is 0. The van der Waals surface area contributed by atoms with E-state index in [0.29, 0.717) is 0 Å². The quantitative estimate of drug-likeness (QED) is 0.559. The van der Waals surface area contributed by atoms with Crippen molar-refractivity contribution in [3.8, 4) is 0 Å². The minimum absolute atomic E-state index is 0.701. The maximum atomic E-state index is 9.67. The molecule has 0 saturated carbocycles. The van der Waals surface area contributed by atoms with Crippen molar-refractivity contribution < 1.29 is 18.4 Å². The van der Waals surface area contributed by atoms with Gasteiger partial charge < -0.3 is 10.2 Å². The lowest BCUT2D eigenvalue weighted by atomic mass is 9.94. The highest BCUT2D eigenvalue weighted by Gasteiger charge is 2.20. The Bertz CT molecular complexity index is 181. The molecule has 50 valence electrons. The Morgan fingerprint density at radius 2 is 2.25 bits per heavy atom. The van der Waals surface area contributed by atoms with Gasteiger partial charge in [-0.05, 0) is 13.7 Å². The summed E-state index contributed by atoms with van der Waals surface area (Å²) in [4.78, 5) is 0. The van der Waals surface area contributed by atoms with Crippen molar-refractivity contribution >= 4 is 0 Å². The number of rotatable bonds is 2. The van der Waals surface area contributed by atoms with E-state index >= 15 is 0 Å². The second kappa shape index (κ2) is 2.46. The highest BCUT2D eigenvalue weighted by Crippen LogP contribution is 2.13. The molecule has 2 N–H and O–H groups in total. The Kier molecular flexibility index (Phi) is 0.700. The van der Waals surface area contributed by atoms with Gasteiger partial charge in [0.15, 0.2) is 0 Å². The van der Waals surface area contributed by atoms with E-state index in [4.69, 9.17) is 13.3 Å². The lowest BCUT2D eigenvalue weighted by Gasteiger charge is -2.23. The number of aliphatic hydroxyl groups excluding tert-OH is 1. The molecule has 0 aromatic carbocycles. The summed E-state index contributed by atoms with van der Waals surface area (Å²) in [6, 6.07) is 0. The van der Waals surface area contributed by atoms with Gasteiger partial charge in [-0.3, -0.25) is 0 Å². The maximum absolute atomic E-state index is 9.67. The van der Waals surface area contributed by atoms with Crippen molar-refractivity contribution in [3.63, 3.8) is 0 Å². The summed E-state index contributed by atoms with van der Waals surface area (Å²) < 4.78 is 41.9. The third kappa shape index (κ3) is 2.28. The second-order valence-electron chi connectivity index (χ2n) is 1.85. The second-order valence-corrected chi connectivity index (χ2v) is 1.85. The van der Waals surface area contributed by atoms with Crippen LogP contribution in [0.4, 0.5) is 0 Å². The van der Waals surface area contributed by atoms with Crippen LogP contribution in [-0.2, 0) is 0 Å². The largest absolute Gasteiger partial charge is 0.396 e. The van der Waals surface area contributed by atoms with Crippen LogP contribution in [0.1, 0.15) is 28.9 Å². The summed E-state index contributed by atoms with van der Waals surface area (Å²) in [6.07, 6.45) is 0. The summed E-state index contributed by atoms with van der Waals surface area (Å²) in [5, 5.41) is 18.4. The van der Waals surface area contributed by atoms with Gasteiger partial charge in [0.25, 0.3) is 0 Å². The third-order valence-electron chi connectivity index (χ3n) is 0.987. The van der Waals surface area contributed by atoms with E-state index in [9.17, 15) is 5.11 Å². The van der Waals surface area contributed by atoms with Crippen LogP contribution >= 0.6 is 0 Å². The molecular weight excluding hydrogens is 104 g/mol. The molecule has 2 nitrogen and oxygen atoms in total. The first-order valence-electron chi connectivity index (χ1n) is 5.31. The van der Waals surface area contributed by atoms with Gasteiger partial charge in [0.1, 0.15) is 0 Å². The van der Waals surface area contributed by atoms with Crippen LogP contribution in [0, 0.1) is 5.92 Å². The molecule has 0 saturated heterocycles. The van der Waals surface area contributed by atoms with Crippen molar-refractivity contribution in [2.75, 3.05) is 6.61 Å². The number of hydrogen-bond donors (Lipinski definition) is 2. The van der Waals surface area contributed by atoms with Gasteiger partial charge in [-0.15, -0.1) is 0 Å². The van der Waals surface area contributed by atoms with Crippen molar-refractivity contribution in [3.05, 3.63) is 0 Å². The van der Waals surface area contributed by atoms with Crippen LogP contribution in [0.25, 0.3) is 0 Å². The van der Waals surface area contributed by atoms with E-state index < -0.39 is 31.8 Å². The van der Waals surface area contributed by atoms with Gasteiger partial charge in [0, 0.05) is 20.7 Å². The van der Waals surface area contributed by atoms with E-state index in [1.54, 1.807) is 0 Å². The van der Waals surface area contributed by atoms with Gasteiger partial charge in [-0.2, -0.15) is 0 Å². The lowest BCUT2D eigenvalue weighted by Crippen LogP contribution is -2.30. The van der Waals surface area contributed by atoms with Gasteiger partial charge >= 0.3 is 0 Å². The minimum Gasteiger partial charge on any atom is -0.396 e. The van der Waals surface area contributed by atoms with E-state index in [-0.39, 0.29) is 0 Å². The molecule has 0 bridgehead atoms. The van der Waals surface area contributed by atoms with Gasteiger partial charge in [0.05, 0.1) is 5.60 Å². The molecule has 0 radical (unpaired) electrons. The summed E-state index contributed by atoms with van der Waals surface area (Å²) in [7, 11) is 0. The van der Waals surface area contributed by atoms with Crippen LogP contribution < -0.4 is 0 Å². The topological polar surface area (TPSA) is 40.5 Å². The molecule has 0 fully saturated rings. The molecule has 0 heterocycles. The predicted octanol–water partition coefficient (Wildman–Crippen LogP) is 0.386. The standard InChI is InChI=1S/C6H14O2/c1-5(4-7)6(2,3)8/h5,7-8H,4H2,1-3H3/t5-/m0/s1/i2D3,3D3. The van der Waals surface area contributed by atoms with Crippen molar-refractivity contribution in [1.29, 1.82) is 0 Å². The zero-order valence-corrected chi connectivity index (χ0v) is 4.68. The average molecular weight is 124 g/mol. The van der Waals surface area contributed by atoms with Crippen LogP contribution in [0.3, 0.4) is 0 Å². The Hall–Kier alpha value is -0.0800. The van der Waals surface area contributed by atoms with Crippen molar-refractivity contribution in [2.45, 2.75) is 26.2 Å².